The van der Waals surface area contributed by atoms with E-state index in [0.29, 0.717) is 25.1 Å². The van der Waals surface area contributed by atoms with Crippen molar-refractivity contribution in [3.8, 4) is 5.75 Å². The van der Waals surface area contributed by atoms with Gasteiger partial charge in [-0.2, -0.15) is 0 Å². The van der Waals surface area contributed by atoms with E-state index in [9.17, 15) is 5.11 Å². The van der Waals surface area contributed by atoms with Crippen LogP contribution in [0.1, 0.15) is 42.5 Å². The number of thiophene rings is 1. The summed E-state index contributed by atoms with van der Waals surface area (Å²) in [6.45, 7) is 8.51. The van der Waals surface area contributed by atoms with Crippen LogP contribution >= 0.6 is 11.3 Å². The third-order valence-corrected chi connectivity index (χ3v) is 7.99. The molecule has 32 heavy (non-hydrogen) atoms. The van der Waals surface area contributed by atoms with Crippen LogP contribution in [0.2, 0.25) is 0 Å². The minimum Gasteiger partial charge on any atom is -0.490 e. The van der Waals surface area contributed by atoms with E-state index in [4.69, 9.17) is 4.74 Å². The van der Waals surface area contributed by atoms with Gasteiger partial charge in [0.1, 0.15) is 18.5 Å². The van der Waals surface area contributed by atoms with Gasteiger partial charge in [-0.15, -0.1) is 11.3 Å². The van der Waals surface area contributed by atoms with Crippen molar-refractivity contribution in [3.63, 3.8) is 0 Å². The fourth-order valence-electron chi connectivity index (χ4n) is 5.12. The Kier molecular flexibility index (Phi) is 5.97. The quantitative estimate of drug-likeness (QED) is 0.380. The zero-order valence-electron chi connectivity index (χ0n) is 19.1. The van der Waals surface area contributed by atoms with Crippen molar-refractivity contribution in [3.05, 3.63) is 64.7 Å². The number of aromatic nitrogens is 1. The smallest absolute Gasteiger partial charge is 0.128 e. The van der Waals surface area contributed by atoms with E-state index in [1.165, 1.54) is 21.2 Å². The normalized spacial score (nSPS) is 20.8. The fraction of sp³-hybridized carbons (Fsp3) is 0.407. The number of rotatable bonds is 6. The summed E-state index contributed by atoms with van der Waals surface area (Å²) in [5.74, 6) is 1.42. The lowest BCUT2D eigenvalue weighted by molar-refractivity contribution is 0.0406. The molecular formula is C27H32N2O2S. The van der Waals surface area contributed by atoms with Crippen molar-refractivity contribution >= 4 is 32.3 Å². The van der Waals surface area contributed by atoms with E-state index in [1.807, 2.05) is 30.4 Å². The summed E-state index contributed by atoms with van der Waals surface area (Å²) in [5.41, 5.74) is 5.03. The number of benzene rings is 2. The summed E-state index contributed by atoms with van der Waals surface area (Å²) in [5, 5.41) is 15.4. The number of aryl methyl sites for hydroxylation is 2. The van der Waals surface area contributed by atoms with Crippen LogP contribution in [-0.2, 0) is 0 Å². The molecule has 3 atom stereocenters. The van der Waals surface area contributed by atoms with Crippen LogP contribution in [0.3, 0.4) is 0 Å². The molecule has 2 aromatic carbocycles. The highest BCUT2D eigenvalue weighted by molar-refractivity contribution is 7.17. The lowest BCUT2D eigenvalue weighted by atomic mass is 9.85. The van der Waals surface area contributed by atoms with Crippen LogP contribution in [0.5, 0.6) is 5.75 Å². The van der Waals surface area contributed by atoms with Gasteiger partial charge in [0.15, 0.2) is 0 Å². The topological polar surface area (TPSA) is 48.5 Å². The Morgan fingerprint density at radius 2 is 2.06 bits per heavy atom. The SMILES string of the molecule is Cc1cc2c(OC[C@@H](O)CN3CC[C@H](c4ccc5scc(C)c5c4)C[C@H]3C)cccc2[nH]1. The Hall–Kier alpha value is -2.34. The highest BCUT2D eigenvalue weighted by atomic mass is 32.1. The molecule has 0 saturated carbocycles. The van der Waals surface area contributed by atoms with Gasteiger partial charge in [0.25, 0.3) is 0 Å². The van der Waals surface area contributed by atoms with Gasteiger partial charge in [0, 0.05) is 33.9 Å². The molecular weight excluding hydrogens is 416 g/mol. The van der Waals surface area contributed by atoms with Gasteiger partial charge in [-0.25, -0.2) is 0 Å². The molecule has 0 aliphatic carbocycles. The van der Waals surface area contributed by atoms with E-state index >= 15 is 0 Å². The summed E-state index contributed by atoms with van der Waals surface area (Å²) < 4.78 is 7.39. The molecule has 3 heterocycles. The number of hydrogen-bond donors (Lipinski definition) is 2. The van der Waals surface area contributed by atoms with Crippen molar-refractivity contribution < 1.29 is 9.84 Å². The predicted molar refractivity (Wildman–Crippen MR) is 134 cm³/mol. The highest BCUT2D eigenvalue weighted by Crippen LogP contribution is 2.35. The molecule has 0 amide bonds. The molecule has 0 unspecified atom stereocenters. The number of H-pyrrole nitrogens is 1. The lowest BCUT2D eigenvalue weighted by Crippen LogP contribution is -2.45. The van der Waals surface area contributed by atoms with E-state index in [1.54, 1.807) is 0 Å². The molecule has 0 radical (unpaired) electrons. The summed E-state index contributed by atoms with van der Waals surface area (Å²) in [6, 6.07) is 15.6. The largest absolute Gasteiger partial charge is 0.490 e. The van der Waals surface area contributed by atoms with Crippen LogP contribution < -0.4 is 4.74 Å². The number of ether oxygens (including phenoxy) is 1. The van der Waals surface area contributed by atoms with Crippen LogP contribution in [0.15, 0.2) is 47.8 Å². The summed E-state index contributed by atoms with van der Waals surface area (Å²) >= 11 is 1.83. The molecule has 2 N–H and O–H groups in total. The molecule has 5 heteroatoms. The number of β-amino-alcohol motifs (C(OH)–C–C–N with tert-alkyl or cyclic N) is 1. The molecule has 4 aromatic rings. The number of nitrogens with zero attached hydrogens (tertiary/aromatic N) is 1. The van der Waals surface area contributed by atoms with Gasteiger partial charge in [-0.1, -0.05) is 12.1 Å². The molecule has 5 rings (SSSR count). The molecule has 0 bridgehead atoms. The maximum atomic E-state index is 10.7. The molecule has 1 aliphatic rings. The lowest BCUT2D eigenvalue weighted by Gasteiger charge is -2.38. The zero-order chi connectivity index (χ0) is 22.2. The predicted octanol–water partition coefficient (Wildman–Crippen LogP) is 6.01. The molecule has 4 nitrogen and oxygen atoms in total. The fourth-order valence-corrected chi connectivity index (χ4v) is 6.05. The first-order valence-electron chi connectivity index (χ1n) is 11.6. The zero-order valence-corrected chi connectivity index (χ0v) is 19.9. The number of fused-ring (bicyclic) bond motifs is 2. The second kappa shape index (κ2) is 8.89. The third kappa shape index (κ3) is 4.29. The van der Waals surface area contributed by atoms with Crippen molar-refractivity contribution in [2.45, 2.75) is 51.7 Å². The van der Waals surface area contributed by atoms with Gasteiger partial charge in [-0.05, 0) is 98.3 Å². The Labute approximate surface area is 193 Å². The number of aliphatic hydroxyl groups is 1. The Morgan fingerprint density at radius 1 is 1.19 bits per heavy atom. The Balaban J connectivity index is 1.18. The van der Waals surface area contributed by atoms with Gasteiger partial charge in [0.05, 0.1) is 0 Å². The number of hydrogen-bond acceptors (Lipinski definition) is 4. The van der Waals surface area contributed by atoms with E-state index < -0.39 is 6.10 Å². The van der Waals surface area contributed by atoms with Crippen LogP contribution in [0.25, 0.3) is 21.0 Å². The van der Waals surface area contributed by atoms with Gasteiger partial charge < -0.3 is 14.8 Å². The van der Waals surface area contributed by atoms with Gasteiger partial charge >= 0.3 is 0 Å². The molecule has 1 aliphatic heterocycles. The number of piperidine rings is 1. The average molecular weight is 449 g/mol. The number of likely N-dealkylation sites (tertiary alicyclic amines) is 1. The standard InChI is InChI=1S/C27H32N2O2S/c1-17-16-32-27-8-7-20(13-23(17)27)21-9-10-29(19(3)12-21)14-22(30)15-31-26-6-4-5-25-24(26)11-18(2)28-25/h4-8,11,13,16,19,21-22,28,30H,9-10,12,14-15H2,1-3H3/t19-,21+,22+/m1/s1. The second-order valence-electron chi connectivity index (χ2n) is 9.37. The van der Waals surface area contributed by atoms with Crippen LogP contribution in [-0.4, -0.2) is 46.8 Å². The minimum absolute atomic E-state index is 0.310. The third-order valence-electron chi connectivity index (χ3n) is 6.91. The molecule has 0 spiro atoms. The highest BCUT2D eigenvalue weighted by Gasteiger charge is 2.28. The Morgan fingerprint density at radius 3 is 2.91 bits per heavy atom. The van der Waals surface area contributed by atoms with Crippen molar-refractivity contribution in [1.29, 1.82) is 0 Å². The first-order valence-corrected chi connectivity index (χ1v) is 12.5. The average Bonchev–Trinajstić information content (AvgIpc) is 3.35. The number of aliphatic hydroxyl groups excluding tert-OH is 1. The first kappa shape index (κ1) is 21.5. The van der Waals surface area contributed by atoms with Gasteiger partial charge in [0.2, 0.25) is 0 Å². The van der Waals surface area contributed by atoms with E-state index in [0.717, 1.165) is 41.7 Å². The maximum absolute atomic E-state index is 10.7. The minimum atomic E-state index is -0.505. The molecule has 168 valence electrons. The van der Waals surface area contributed by atoms with Crippen molar-refractivity contribution in [1.82, 2.24) is 9.88 Å². The second-order valence-corrected chi connectivity index (χ2v) is 10.3. The number of nitrogens with one attached hydrogen (secondary N) is 1. The van der Waals surface area contributed by atoms with E-state index in [2.05, 4.69) is 59.4 Å². The summed E-state index contributed by atoms with van der Waals surface area (Å²) in [4.78, 5) is 5.75. The monoisotopic (exact) mass is 448 g/mol. The van der Waals surface area contributed by atoms with Crippen molar-refractivity contribution in [2.75, 3.05) is 19.7 Å². The molecule has 1 fully saturated rings. The number of aromatic amines is 1. The molecule has 2 aromatic heterocycles. The van der Waals surface area contributed by atoms with Crippen LogP contribution in [0, 0.1) is 13.8 Å². The van der Waals surface area contributed by atoms with Crippen molar-refractivity contribution in [2.24, 2.45) is 0 Å². The van der Waals surface area contributed by atoms with Crippen LogP contribution in [0.4, 0.5) is 0 Å². The maximum Gasteiger partial charge on any atom is 0.128 e. The summed E-state index contributed by atoms with van der Waals surface area (Å²) in [6.07, 6.45) is 1.76. The summed E-state index contributed by atoms with van der Waals surface area (Å²) in [7, 11) is 0. The first-order chi connectivity index (χ1) is 15.5. The van der Waals surface area contributed by atoms with Gasteiger partial charge in [-0.3, -0.25) is 4.90 Å². The molecule has 1 saturated heterocycles. The Bertz CT molecular complexity index is 1230. The van der Waals surface area contributed by atoms with E-state index in [-0.39, 0.29) is 0 Å².